The van der Waals surface area contributed by atoms with Gasteiger partial charge in [0.1, 0.15) is 0 Å². The summed E-state index contributed by atoms with van der Waals surface area (Å²) in [5, 5.41) is 3.77. The maximum atomic E-state index is 3.77. The van der Waals surface area contributed by atoms with Crippen molar-refractivity contribution < 1.29 is 0 Å². The lowest BCUT2D eigenvalue weighted by Gasteiger charge is -2.29. The topological polar surface area (TPSA) is 15.3 Å². The van der Waals surface area contributed by atoms with Crippen molar-refractivity contribution in [2.45, 2.75) is 58.7 Å². The normalized spacial score (nSPS) is 28.4. The Morgan fingerprint density at radius 1 is 1.15 bits per heavy atom. The SMILES string of the molecule is Cc1ccc(CN2CC(C3CC3)NCCC2C)cc1C. The van der Waals surface area contributed by atoms with Gasteiger partial charge in [0.2, 0.25) is 0 Å². The summed E-state index contributed by atoms with van der Waals surface area (Å²) in [6, 6.07) is 8.36. The molecule has 3 rings (SSSR count). The quantitative estimate of drug-likeness (QED) is 0.908. The first-order valence-electron chi connectivity index (χ1n) is 8.17. The van der Waals surface area contributed by atoms with Crippen LogP contribution in [0.1, 0.15) is 42.9 Å². The fourth-order valence-electron chi connectivity index (χ4n) is 3.33. The van der Waals surface area contributed by atoms with E-state index in [0.717, 1.165) is 18.5 Å². The fraction of sp³-hybridized carbons (Fsp3) is 0.667. The molecule has 2 aliphatic rings. The summed E-state index contributed by atoms with van der Waals surface area (Å²) in [6.07, 6.45) is 4.14. The van der Waals surface area contributed by atoms with Gasteiger partial charge in [-0.3, -0.25) is 4.90 Å². The van der Waals surface area contributed by atoms with Gasteiger partial charge < -0.3 is 5.32 Å². The Labute approximate surface area is 123 Å². The molecule has 0 spiro atoms. The number of hydrogen-bond donors (Lipinski definition) is 1. The van der Waals surface area contributed by atoms with Crippen LogP contribution < -0.4 is 5.32 Å². The van der Waals surface area contributed by atoms with Crippen molar-refractivity contribution in [2.24, 2.45) is 5.92 Å². The summed E-state index contributed by atoms with van der Waals surface area (Å²) >= 11 is 0. The maximum Gasteiger partial charge on any atom is 0.0237 e. The van der Waals surface area contributed by atoms with Crippen LogP contribution in [0.4, 0.5) is 0 Å². The standard InChI is InChI=1S/C18H28N2/c1-13-4-5-16(10-14(13)2)11-20-12-18(17-6-7-17)19-9-8-15(20)3/h4-5,10,15,17-19H,6-9,11-12H2,1-3H3. The second kappa shape index (κ2) is 5.87. The van der Waals surface area contributed by atoms with Crippen molar-refractivity contribution in [1.29, 1.82) is 0 Å². The lowest BCUT2D eigenvalue weighted by Crippen LogP contribution is -2.40. The van der Waals surface area contributed by atoms with Gasteiger partial charge in [0, 0.05) is 25.2 Å². The first-order valence-corrected chi connectivity index (χ1v) is 8.17. The zero-order valence-electron chi connectivity index (χ0n) is 13.2. The Morgan fingerprint density at radius 3 is 2.65 bits per heavy atom. The molecule has 1 heterocycles. The van der Waals surface area contributed by atoms with Crippen LogP contribution in [0.25, 0.3) is 0 Å². The van der Waals surface area contributed by atoms with E-state index in [2.05, 4.69) is 49.2 Å². The third kappa shape index (κ3) is 3.24. The molecule has 2 unspecified atom stereocenters. The van der Waals surface area contributed by atoms with Gasteiger partial charge in [-0.1, -0.05) is 18.2 Å². The molecule has 1 saturated heterocycles. The van der Waals surface area contributed by atoms with Crippen molar-refractivity contribution in [3.05, 3.63) is 34.9 Å². The summed E-state index contributed by atoms with van der Waals surface area (Å²) in [5.74, 6) is 0.947. The summed E-state index contributed by atoms with van der Waals surface area (Å²) in [7, 11) is 0. The zero-order valence-corrected chi connectivity index (χ0v) is 13.2. The van der Waals surface area contributed by atoms with Crippen molar-refractivity contribution in [3.8, 4) is 0 Å². The largest absolute Gasteiger partial charge is 0.312 e. The van der Waals surface area contributed by atoms with Crippen LogP contribution in [0.15, 0.2) is 18.2 Å². The van der Waals surface area contributed by atoms with E-state index in [1.54, 1.807) is 0 Å². The van der Waals surface area contributed by atoms with E-state index in [0.29, 0.717) is 6.04 Å². The minimum absolute atomic E-state index is 0.688. The zero-order chi connectivity index (χ0) is 14.1. The van der Waals surface area contributed by atoms with E-state index in [-0.39, 0.29) is 0 Å². The fourth-order valence-corrected chi connectivity index (χ4v) is 3.33. The molecule has 2 nitrogen and oxygen atoms in total. The van der Waals surface area contributed by atoms with Gasteiger partial charge in [0.05, 0.1) is 0 Å². The average molecular weight is 272 g/mol. The highest BCUT2D eigenvalue weighted by atomic mass is 15.2. The van der Waals surface area contributed by atoms with Gasteiger partial charge in [-0.25, -0.2) is 0 Å². The molecule has 2 fully saturated rings. The molecule has 1 N–H and O–H groups in total. The Kier molecular flexibility index (Phi) is 4.13. The van der Waals surface area contributed by atoms with Crippen molar-refractivity contribution in [3.63, 3.8) is 0 Å². The molecule has 1 aromatic carbocycles. The first kappa shape index (κ1) is 14.1. The molecular weight excluding hydrogens is 244 g/mol. The second-order valence-corrected chi connectivity index (χ2v) is 6.88. The Bertz CT molecular complexity index is 464. The molecule has 0 amide bonds. The van der Waals surface area contributed by atoms with Crippen molar-refractivity contribution in [1.82, 2.24) is 10.2 Å². The van der Waals surface area contributed by atoms with Crippen LogP contribution in [0.2, 0.25) is 0 Å². The first-order chi connectivity index (χ1) is 9.63. The molecular formula is C18H28N2. The van der Waals surface area contributed by atoms with Crippen molar-refractivity contribution in [2.75, 3.05) is 13.1 Å². The van der Waals surface area contributed by atoms with Crippen LogP contribution >= 0.6 is 0 Å². The molecule has 0 aromatic heterocycles. The minimum atomic E-state index is 0.688. The van der Waals surface area contributed by atoms with E-state index in [4.69, 9.17) is 0 Å². The maximum absolute atomic E-state index is 3.77. The lowest BCUT2D eigenvalue weighted by molar-refractivity contribution is 0.190. The number of rotatable bonds is 3. The highest BCUT2D eigenvalue weighted by Gasteiger charge is 2.34. The molecule has 1 aromatic rings. The van der Waals surface area contributed by atoms with Crippen LogP contribution in [0, 0.1) is 19.8 Å². The Balaban J connectivity index is 1.70. The minimum Gasteiger partial charge on any atom is -0.312 e. The van der Waals surface area contributed by atoms with Gasteiger partial charge in [-0.2, -0.15) is 0 Å². The van der Waals surface area contributed by atoms with Crippen molar-refractivity contribution >= 4 is 0 Å². The van der Waals surface area contributed by atoms with Crippen LogP contribution in [0.5, 0.6) is 0 Å². The van der Waals surface area contributed by atoms with E-state index in [1.165, 1.54) is 49.0 Å². The number of aryl methyl sites for hydroxylation is 2. The third-order valence-electron chi connectivity index (χ3n) is 5.17. The lowest BCUT2D eigenvalue weighted by atomic mass is 10.0. The number of nitrogens with zero attached hydrogens (tertiary/aromatic N) is 1. The Morgan fingerprint density at radius 2 is 1.95 bits per heavy atom. The molecule has 1 aliphatic carbocycles. The molecule has 2 heteroatoms. The molecule has 0 radical (unpaired) electrons. The Hall–Kier alpha value is -0.860. The third-order valence-corrected chi connectivity index (χ3v) is 5.17. The molecule has 1 saturated carbocycles. The molecule has 1 aliphatic heterocycles. The highest BCUT2D eigenvalue weighted by molar-refractivity contribution is 5.29. The van der Waals surface area contributed by atoms with E-state index >= 15 is 0 Å². The highest BCUT2D eigenvalue weighted by Crippen LogP contribution is 2.34. The smallest absolute Gasteiger partial charge is 0.0237 e. The van der Waals surface area contributed by atoms with Gasteiger partial charge in [0.25, 0.3) is 0 Å². The van der Waals surface area contributed by atoms with Gasteiger partial charge in [-0.05, 0) is 69.2 Å². The molecule has 110 valence electrons. The van der Waals surface area contributed by atoms with E-state index < -0.39 is 0 Å². The van der Waals surface area contributed by atoms with Crippen LogP contribution in [0.3, 0.4) is 0 Å². The van der Waals surface area contributed by atoms with E-state index in [1.807, 2.05) is 0 Å². The monoisotopic (exact) mass is 272 g/mol. The summed E-state index contributed by atoms with van der Waals surface area (Å²) < 4.78 is 0. The van der Waals surface area contributed by atoms with Gasteiger partial charge >= 0.3 is 0 Å². The summed E-state index contributed by atoms with van der Waals surface area (Å²) in [5.41, 5.74) is 4.29. The number of benzene rings is 1. The van der Waals surface area contributed by atoms with Crippen LogP contribution in [-0.4, -0.2) is 30.1 Å². The molecule has 0 bridgehead atoms. The summed E-state index contributed by atoms with van der Waals surface area (Å²) in [6.45, 7) is 10.3. The van der Waals surface area contributed by atoms with Crippen LogP contribution in [-0.2, 0) is 6.54 Å². The van der Waals surface area contributed by atoms with Gasteiger partial charge in [0.15, 0.2) is 0 Å². The van der Waals surface area contributed by atoms with Gasteiger partial charge in [-0.15, -0.1) is 0 Å². The number of nitrogens with one attached hydrogen (secondary N) is 1. The van der Waals surface area contributed by atoms with E-state index in [9.17, 15) is 0 Å². The average Bonchev–Trinajstić information content (AvgIpc) is 3.24. The predicted octanol–water partition coefficient (Wildman–Crippen LogP) is 3.27. The predicted molar refractivity (Wildman–Crippen MR) is 84.9 cm³/mol. The number of hydrogen-bond acceptors (Lipinski definition) is 2. The summed E-state index contributed by atoms with van der Waals surface area (Å²) in [4.78, 5) is 2.69. The molecule has 20 heavy (non-hydrogen) atoms. The molecule has 2 atom stereocenters. The second-order valence-electron chi connectivity index (χ2n) is 6.88.